The predicted molar refractivity (Wildman–Crippen MR) is 75.9 cm³/mol. The first kappa shape index (κ1) is 18.3. The Morgan fingerprint density at radius 3 is 2.60 bits per heavy atom. The van der Waals surface area contributed by atoms with Gasteiger partial charge in [-0.25, -0.2) is 4.79 Å². The molecule has 0 bridgehead atoms. The fraction of sp³-hybridized carbons (Fsp3) is 0.583. The van der Waals surface area contributed by atoms with Gasteiger partial charge in [0.05, 0.1) is 6.10 Å². The summed E-state index contributed by atoms with van der Waals surface area (Å²) in [6.07, 6.45) is 2.65. The summed E-state index contributed by atoms with van der Waals surface area (Å²) in [4.78, 5) is 22.7. The highest BCUT2D eigenvalue weighted by Gasteiger charge is 2.21. The molecule has 0 saturated heterocycles. The Bertz CT molecular complexity index is 404. The van der Waals surface area contributed by atoms with Crippen molar-refractivity contribution in [2.75, 3.05) is 18.6 Å². The highest BCUT2D eigenvalue weighted by molar-refractivity contribution is 7.98. The lowest BCUT2D eigenvalue weighted by Gasteiger charge is -2.13. The molecule has 0 radical (unpaired) electrons. The maximum Gasteiger partial charge on any atom is 0.326 e. The number of aliphatic hydroxyl groups is 1. The van der Waals surface area contributed by atoms with Crippen molar-refractivity contribution in [1.29, 1.82) is 5.26 Å². The van der Waals surface area contributed by atoms with Crippen LogP contribution < -0.4 is 10.6 Å². The molecule has 0 aliphatic heterocycles. The van der Waals surface area contributed by atoms with E-state index in [4.69, 9.17) is 15.5 Å². The van der Waals surface area contributed by atoms with E-state index >= 15 is 0 Å². The number of aliphatic hydroxyl groups excluding tert-OH is 1. The van der Waals surface area contributed by atoms with Crippen molar-refractivity contribution in [3.8, 4) is 6.07 Å². The Balaban J connectivity index is 4.59. The van der Waals surface area contributed by atoms with E-state index in [9.17, 15) is 9.59 Å². The van der Waals surface area contributed by atoms with Crippen LogP contribution in [0.4, 0.5) is 0 Å². The zero-order chi connectivity index (χ0) is 15.5. The molecular weight excluding hydrogens is 282 g/mol. The zero-order valence-corrected chi connectivity index (χ0v) is 12.2. The molecule has 0 aromatic carbocycles. The second kappa shape index (κ2) is 10.1. The number of nitrogens with one attached hydrogen (secondary N) is 2. The minimum absolute atomic E-state index is 0.188. The predicted octanol–water partition coefficient (Wildman–Crippen LogP) is -0.313. The van der Waals surface area contributed by atoms with Crippen molar-refractivity contribution >= 4 is 23.6 Å². The quantitative estimate of drug-likeness (QED) is 0.340. The first-order chi connectivity index (χ1) is 9.42. The maximum absolute atomic E-state index is 11.8. The third-order valence-electron chi connectivity index (χ3n) is 2.24. The van der Waals surface area contributed by atoms with E-state index in [2.05, 4.69) is 10.6 Å². The molecule has 20 heavy (non-hydrogen) atoms. The molecule has 2 unspecified atom stereocenters. The molecule has 0 saturated carbocycles. The number of rotatable bonds is 9. The molecule has 2 atom stereocenters. The molecule has 8 heteroatoms. The van der Waals surface area contributed by atoms with Gasteiger partial charge in [-0.1, -0.05) is 0 Å². The van der Waals surface area contributed by atoms with Crippen molar-refractivity contribution in [3.05, 3.63) is 11.8 Å². The number of aliphatic carboxylic acids is 1. The molecule has 0 aliphatic carbocycles. The molecule has 112 valence electrons. The lowest BCUT2D eigenvalue weighted by atomic mass is 10.2. The SMILES string of the molecule is CSCCC(NC(=O)/C(C#N)=C\NCC(C)O)C(=O)O. The first-order valence-corrected chi connectivity index (χ1v) is 7.36. The normalized spacial score (nSPS) is 14.0. The van der Waals surface area contributed by atoms with E-state index in [0.29, 0.717) is 5.75 Å². The minimum Gasteiger partial charge on any atom is -0.480 e. The van der Waals surface area contributed by atoms with Crippen LogP contribution in [0.1, 0.15) is 13.3 Å². The van der Waals surface area contributed by atoms with E-state index in [1.165, 1.54) is 11.8 Å². The van der Waals surface area contributed by atoms with Crippen molar-refractivity contribution in [3.63, 3.8) is 0 Å². The van der Waals surface area contributed by atoms with Crippen LogP contribution in [0.25, 0.3) is 0 Å². The van der Waals surface area contributed by atoms with Gasteiger partial charge in [-0.05, 0) is 25.4 Å². The Hall–Kier alpha value is -1.72. The number of nitrogens with zero attached hydrogens (tertiary/aromatic N) is 1. The van der Waals surface area contributed by atoms with Gasteiger partial charge in [0.15, 0.2) is 0 Å². The molecule has 0 aromatic rings. The molecular formula is C12H19N3O4S. The van der Waals surface area contributed by atoms with E-state index in [1.807, 2.05) is 6.26 Å². The molecule has 0 aromatic heterocycles. The summed E-state index contributed by atoms with van der Waals surface area (Å²) in [6.45, 7) is 1.74. The van der Waals surface area contributed by atoms with E-state index in [1.54, 1.807) is 13.0 Å². The third kappa shape index (κ3) is 7.66. The molecule has 0 heterocycles. The smallest absolute Gasteiger partial charge is 0.326 e. The van der Waals surface area contributed by atoms with E-state index in [0.717, 1.165) is 6.20 Å². The van der Waals surface area contributed by atoms with Gasteiger partial charge in [0.25, 0.3) is 5.91 Å². The summed E-state index contributed by atoms with van der Waals surface area (Å²) in [7, 11) is 0. The number of hydrogen-bond acceptors (Lipinski definition) is 6. The molecule has 4 N–H and O–H groups in total. The number of hydrogen-bond donors (Lipinski definition) is 4. The second-order valence-corrected chi connectivity index (χ2v) is 5.06. The molecule has 0 fully saturated rings. The molecule has 1 amide bonds. The zero-order valence-electron chi connectivity index (χ0n) is 11.4. The van der Waals surface area contributed by atoms with Crippen LogP contribution in [0.2, 0.25) is 0 Å². The lowest BCUT2D eigenvalue weighted by molar-refractivity contribution is -0.141. The topological polar surface area (TPSA) is 122 Å². The number of carbonyl (C=O) groups is 2. The maximum atomic E-state index is 11.8. The van der Waals surface area contributed by atoms with Gasteiger partial charge in [0.1, 0.15) is 17.7 Å². The number of carboxylic acid groups (broad SMARTS) is 1. The van der Waals surface area contributed by atoms with Crippen LogP contribution in [-0.2, 0) is 9.59 Å². The number of carboxylic acids is 1. The highest BCUT2D eigenvalue weighted by atomic mass is 32.2. The van der Waals surface area contributed by atoms with Crippen molar-refractivity contribution in [2.24, 2.45) is 0 Å². The fourth-order valence-corrected chi connectivity index (χ4v) is 1.68. The Morgan fingerprint density at radius 2 is 2.15 bits per heavy atom. The van der Waals surface area contributed by atoms with Crippen molar-refractivity contribution in [1.82, 2.24) is 10.6 Å². The van der Waals surface area contributed by atoms with Gasteiger partial charge in [-0.3, -0.25) is 4.79 Å². The first-order valence-electron chi connectivity index (χ1n) is 5.96. The van der Waals surface area contributed by atoms with Gasteiger partial charge in [-0.2, -0.15) is 17.0 Å². The van der Waals surface area contributed by atoms with Gasteiger partial charge >= 0.3 is 5.97 Å². The van der Waals surface area contributed by atoms with Gasteiger partial charge in [0, 0.05) is 12.7 Å². The van der Waals surface area contributed by atoms with Crippen LogP contribution in [0, 0.1) is 11.3 Å². The number of carbonyl (C=O) groups excluding carboxylic acids is 1. The second-order valence-electron chi connectivity index (χ2n) is 4.07. The average molecular weight is 301 g/mol. The number of amides is 1. The molecule has 0 spiro atoms. The van der Waals surface area contributed by atoms with Crippen molar-refractivity contribution in [2.45, 2.75) is 25.5 Å². The van der Waals surface area contributed by atoms with Crippen molar-refractivity contribution < 1.29 is 19.8 Å². The summed E-state index contributed by atoms with van der Waals surface area (Å²) in [5.41, 5.74) is -0.235. The minimum atomic E-state index is -1.14. The molecule has 7 nitrogen and oxygen atoms in total. The van der Waals surface area contributed by atoms with Gasteiger partial charge < -0.3 is 20.8 Å². The Morgan fingerprint density at radius 1 is 1.50 bits per heavy atom. The standard InChI is InChI=1S/C12H19N3O4S/c1-8(16)6-14-7-9(5-13)11(17)15-10(12(18)19)3-4-20-2/h7-8,10,14,16H,3-4,6H2,1-2H3,(H,15,17)(H,18,19)/b9-7-. The average Bonchev–Trinajstić information content (AvgIpc) is 2.38. The largest absolute Gasteiger partial charge is 0.480 e. The summed E-state index contributed by atoms with van der Waals surface area (Å²) in [5.74, 6) is -1.30. The number of thioether (sulfide) groups is 1. The number of nitriles is 1. The van der Waals surface area contributed by atoms with E-state index < -0.39 is 24.0 Å². The van der Waals surface area contributed by atoms with E-state index in [-0.39, 0.29) is 18.5 Å². The van der Waals surface area contributed by atoms with Gasteiger partial charge in [-0.15, -0.1) is 0 Å². The summed E-state index contributed by atoms with van der Waals surface area (Å²) < 4.78 is 0. The van der Waals surface area contributed by atoms with Crippen LogP contribution in [0.5, 0.6) is 0 Å². The lowest BCUT2D eigenvalue weighted by Crippen LogP contribution is -2.42. The van der Waals surface area contributed by atoms with Gasteiger partial charge in [0.2, 0.25) is 0 Å². The Kier molecular flexibility index (Phi) is 9.24. The molecule has 0 aliphatic rings. The highest BCUT2D eigenvalue weighted by Crippen LogP contribution is 2.02. The summed E-state index contributed by atoms with van der Waals surface area (Å²) >= 11 is 1.47. The van der Waals surface area contributed by atoms with Crippen LogP contribution in [-0.4, -0.2) is 52.8 Å². The molecule has 0 rings (SSSR count). The van der Waals surface area contributed by atoms with Crippen LogP contribution >= 0.6 is 11.8 Å². The van der Waals surface area contributed by atoms with Crippen LogP contribution in [0.15, 0.2) is 11.8 Å². The monoisotopic (exact) mass is 301 g/mol. The summed E-state index contributed by atoms with van der Waals surface area (Å²) in [5, 5.41) is 31.8. The third-order valence-corrected chi connectivity index (χ3v) is 2.88. The summed E-state index contributed by atoms with van der Waals surface area (Å²) in [6, 6.07) is 0.658. The Labute approximate surface area is 122 Å². The van der Waals surface area contributed by atoms with Crippen LogP contribution in [0.3, 0.4) is 0 Å². The fourth-order valence-electron chi connectivity index (χ4n) is 1.21.